The van der Waals surface area contributed by atoms with Gasteiger partial charge in [0.15, 0.2) is 0 Å². The number of pyridine rings is 1. The van der Waals surface area contributed by atoms with Crippen molar-refractivity contribution in [3.05, 3.63) is 113 Å². The molecule has 3 heterocycles. The fourth-order valence-corrected chi connectivity index (χ4v) is 4.76. The van der Waals surface area contributed by atoms with Gasteiger partial charge in [-0.05, 0) is 74.7 Å². The minimum Gasteiger partial charge on any atom is -0.330 e. The highest BCUT2D eigenvalue weighted by Gasteiger charge is 2.31. The zero-order chi connectivity index (χ0) is 23.7. The van der Waals surface area contributed by atoms with Gasteiger partial charge in [-0.25, -0.2) is 9.07 Å². The molecule has 2 aromatic heterocycles. The van der Waals surface area contributed by atoms with Gasteiger partial charge in [0.25, 0.3) is 5.91 Å². The summed E-state index contributed by atoms with van der Waals surface area (Å²) in [6.45, 7) is 4.65. The summed E-state index contributed by atoms with van der Waals surface area (Å²) in [6, 6.07) is 22.1. The molecule has 1 unspecified atom stereocenters. The molecule has 5 nitrogen and oxygen atoms in total. The van der Waals surface area contributed by atoms with Crippen molar-refractivity contribution < 1.29 is 9.18 Å². The van der Waals surface area contributed by atoms with Crippen LogP contribution in [0.1, 0.15) is 57.6 Å². The summed E-state index contributed by atoms with van der Waals surface area (Å²) in [5.74, 6) is -0.234. The number of aromatic nitrogens is 3. The van der Waals surface area contributed by atoms with Crippen molar-refractivity contribution in [3.63, 3.8) is 0 Å². The first-order chi connectivity index (χ1) is 16.5. The van der Waals surface area contributed by atoms with Gasteiger partial charge in [-0.3, -0.25) is 9.78 Å². The minimum absolute atomic E-state index is 0.00723. The molecule has 1 amide bonds. The second-order valence-corrected chi connectivity index (χ2v) is 8.87. The van der Waals surface area contributed by atoms with Crippen molar-refractivity contribution >= 4 is 5.91 Å². The van der Waals surface area contributed by atoms with Crippen LogP contribution in [0.2, 0.25) is 0 Å². The first-order valence-electron chi connectivity index (χ1n) is 11.6. The third-order valence-corrected chi connectivity index (χ3v) is 6.36. The maximum absolute atomic E-state index is 14.1. The van der Waals surface area contributed by atoms with Gasteiger partial charge in [-0.2, -0.15) is 5.10 Å². The molecule has 1 fully saturated rings. The molecule has 34 heavy (non-hydrogen) atoms. The van der Waals surface area contributed by atoms with Crippen LogP contribution < -0.4 is 0 Å². The first-order valence-corrected chi connectivity index (χ1v) is 11.6. The number of nitrogens with zero attached hydrogens (tertiary/aromatic N) is 4. The Labute approximate surface area is 198 Å². The summed E-state index contributed by atoms with van der Waals surface area (Å²) in [5, 5.41) is 4.55. The molecule has 0 radical (unpaired) electrons. The lowest BCUT2D eigenvalue weighted by Crippen LogP contribution is -2.31. The lowest BCUT2D eigenvalue weighted by molar-refractivity contribution is 0.0732. The van der Waals surface area contributed by atoms with Crippen molar-refractivity contribution in [1.82, 2.24) is 19.7 Å². The van der Waals surface area contributed by atoms with Crippen molar-refractivity contribution in [2.45, 2.75) is 39.2 Å². The van der Waals surface area contributed by atoms with Crippen molar-refractivity contribution in [2.75, 3.05) is 6.54 Å². The lowest BCUT2D eigenvalue weighted by atomic mass is 10.1. The van der Waals surface area contributed by atoms with Gasteiger partial charge in [-0.15, -0.1) is 0 Å². The monoisotopic (exact) mass is 454 g/mol. The maximum atomic E-state index is 14.1. The number of carbonyl (C=O) groups is 1. The van der Waals surface area contributed by atoms with E-state index in [0.29, 0.717) is 24.1 Å². The Balaban J connectivity index is 1.39. The Hall–Kier alpha value is -3.80. The third-order valence-electron chi connectivity index (χ3n) is 6.36. The molecule has 0 saturated carbocycles. The van der Waals surface area contributed by atoms with Gasteiger partial charge in [0.2, 0.25) is 0 Å². The Morgan fingerprint density at radius 2 is 1.85 bits per heavy atom. The molecule has 0 aliphatic carbocycles. The van der Waals surface area contributed by atoms with Crippen LogP contribution in [-0.2, 0) is 6.42 Å². The van der Waals surface area contributed by atoms with E-state index in [0.717, 1.165) is 41.3 Å². The third kappa shape index (κ3) is 4.36. The largest absolute Gasteiger partial charge is 0.330 e. The van der Waals surface area contributed by atoms with Crippen LogP contribution in [0.5, 0.6) is 0 Å². The van der Waals surface area contributed by atoms with E-state index in [1.807, 2.05) is 78.0 Å². The van der Waals surface area contributed by atoms with E-state index in [2.05, 4.69) is 5.10 Å². The number of carbonyl (C=O) groups excluding carboxylic acids is 1. The van der Waals surface area contributed by atoms with Crippen LogP contribution in [0.3, 0.4) is 0 Å². The second kappa shape index (κ2) is 9.21. The molecular weight excluding hydrogens is 427 g/mol. The summed E-state index contributed by atoms with van der Waals surface area (Å²) >= 11 is 0. The predicted molar refractivity (Wildman–Crippen MR) is 129 cm³/mol. The predicted octanol–water partition coefficient (Wildman–Crippen LogP) is 5.59. The summed E-state index contributed by atoms with van der Waals surface area (Å²) < 4.78 is 16.0. The van der Waals surface area contributed by atoms with E-state index in [4.69, 9.17) is 4.98 Å². The number of rotatable bonds is 5. The number of amides is 1. The fourth-order valence-electron chi connectivity index (χ4n) is 4.76. The van der Waals surface area contributed by atoms with Crippen LogP contribution in [0.4, 0.5) is 4.39 Å². The van der Waals surface area contributed by atoms with Crippen LogP contribution in [0, 0.1) is 19.7 Å². The molecular formula is C28H27FN4O. The number of halogens is 1. The van der Waals surface area contributed by atoms with E-state index < -0.39 is 0 Å². The number of likely N-dealkylation sites (tertiary alicyclic amines) is 1. The Kier molecular flexibility index (Phi) is 5.97. The van der Waals surface area contributed by atoms with Gasteiger partial charge in [0, 0.05) is 29.9 Å². The molecule has 0 spiro atoms. The topological polar surface area (TPSA) is 51.0 Å². The average molecular weight is 455 g/mol. The van der Waals surface area contributed by atoms with Crippen LogP contribution in [0.15, 0.2) is 72.8 Å². The summed E-state index contributed by atoms with van der Waals surface area (Å²) in [5.41, 5.74) is 5.75. The zero-order valence-corrected chi connectivity index (χ0v) is 19.4. The van der Waals surface area contributed by atoms with Crippen LogP contribution in [-0.4, -0.2) is 32.1 Å². The first kappa shape index (κ1) is 22.0. The van der Waals surface area contributed by atoms with Crippen LogP contribution >= 0.6 is 0 Å². The maximum Gasteiger partial charge on any atom is 0.254 e. The minimum atomic E-state index is -0.227. The Bertz CT molecular complexity index is 1350. The average Bonchev–Trinajstić information content (AvgIpc) is 3.46. The van der Waals surface area contributed by atoms with Crippen LogP contribution in [0.25, 0.3) is 5.69 Å². The number of hydrogen-bond acceptors (Lipinski definition) is 3. The molecule has 4 aromatic rings. The SMILES string of the molecule is Cc1cc(C)n(-c2cccc(C(=O)N3CCCC3c3cccc(Cc4ccccc4F)n3)c2)n1. The molecule has 1 saturated heterocycles. The molecule has 5 rings (SSSR count). The zero-order valence-electron chi connectivity index (χ0n) is 19.4. The smallest absolute Gasteiger partial charge is 0.254 e. The highest BCUT2D eigenvalue weighted by atomic mass is 19.1. The Morgan fingerprint density at radius 3 is 2.65 bits per heavy atom. The van der Waals surface area contributed by atoms with E-state index >= 15 is 0 Å². The molecule has 1 atom stereocenters. The highest BCUT2D eigenvalue weighted by molar-refractivity contribution is 5.95. The molecule has 6 heteroatoms. The van der Waals surface area contributed by atoms with E-state index in [-0.39, 0.29) is 17.8 Å². The normalized spacial score (nSPS) is 15.6. The fraction of sp³-hybridized carbons (Fsp3) is 0.250. The summed E-state index contributed by atoms with van der Waals surface area (Å²) in [4.78, 5) is 20.3. The molecule has 0 N–H and O–H groups in total. The van der Waals surface area contributed by atoms with Gasteiger partial charge in [-0.1, -0.05) is 30.3 Å². The molecule has 1 aliphatic heterocycles. The van der Waals surface area contributed by atoms with Gasteiger partial charge >= 0.3 is 0 Å². The summed E-state index contributed by atoms with van der Waals surface area (Å²) in [7, 11) is 0. The molecule has 172 valence electrons. The quantitative estimate of drug-likeness (QED) is 0.395. The standard InChI is InChI=1S/C28H27FN4O/c1-19-16-20(2)33(31-19)24-11-5-9-22(18-24)28(34)32-15-7-14-27(32)26-13-6-10-23(30-26)17-21-8-3-4-12-25(21)29/h3-6,8-13,16,18,27H,7,14-15,17H2,1-2H3. The number of aryl methyl sites for hydroxylation is 2. The van der Waals surface area contributed by atoms with Gasteiger partial charge in [0.1, 0.15) is 5.82 Å². The summed E-state index contributed by atoms with van der Waals surface area (Å²) in [6.07, 6.45) is 2.21. The van der Waals surface area contributed by atoms with Crippen molar-refractivity contribution in [3.8, 4) is 5.69 Å². The molecule has 0 bridgehead atoms. The highest BCUT2D eigenvalue weighted by Crippen LogP contribution is 2.32. The second-order valence-electron chi connectivity index (χ2n) is 8.87. The van der Waals surface area contributed by atoms with Gasteiger partial charge < -0.3 is 4.90 Å². The van der Waals surface area contributed by atoms with Gasteiger partial charge in [0.05, 0.1) is 23.1 Å². The van der Waals surface area contributed by atoms with Crippen molar-refractivity contribution in [1.29, 1.82) is 0 Å². The Morgan fingerprint density at radius 1 is 1.03 bits per heavy atom. The number of benzene rings is 2. The van der Waals surface area contributed by atoms with E-state index in [1.165, 1.54) is 6.07 Å². The van der Waals surface area contributed by atoms with Crippen molar-refractivity contribution in [2.24, 2.45) is 0 Å². The van der Waals surface area contributed by atoms with E-state index in [9.17, 15) is 9.18 Å². The molecule has 1 aliphatic rings. The van der Waals surface area contributed by atoms with E-state index in [1.54, 1.807) is 12.1 Å². The lowest BCUT2D eigenvalue weighted by Gasteiger charge is -2.25. The molecule has 2 aromatic carbocycles. The number of hydrogen-bond donors (Lipinski definition) is 0.